The molecular formula is C23H33N3O4. The molecule has 7 nitrogen and oxygen atoms in total. The predicted octanol–water partition coefficient (Wildman–Crippen LogP) is 2.65. The number of aromatic nitrogens is 1. The van der Waals surface area contributed by atoms with Crippen LogP contribution in [0.15, 0.2) is 23.1 Å². The maximum Gasteiger partial charge on any atom is 0.258 e. The molecule has 0 spiro atoms. The summed E-state index contributed by atoms with van der Waals surface area (Å²) >= 11 is 0. The highest BCUT2D eigenvalue weighted by atomic mass is 16.5. The van der Waals surface area contributed by atoms with Crippen LogP contribution in [-0.4, -0.2) is 55.8 Å². The molecule has 2 aromatic rings. The summed E-state index contributed by atoms with van der Waals surface area (Å²) in [4.78, 5) is 28.0. The van der Waals surface area contributed by atoms with Crippen molar-refractivity contribution in [2.75, 3.05) is 40.4 Å². The summed E-state index contributed by atoms with van der Waals surface area (Å²) in [6.45, 7) is 8.44. The van der Waals surface area contributed by atoms with Gasteiger partial charge in [0, 0.05) is 38.3 Å². The van der Waals surface area contributed by atoms with Gasteiger partial charge in [0.2, 0.25) is 0 Å². The number of hydrogen-bond acceptors (Lipinski definition) is 5. The first kappa shape index (κ1) is 22.2. The number of amides is 1. The molecule has 1 aliphatic rings. The van der Waals surface area contributed by atoms with Crippen LogP contribution < -0.4 is 20.3 Å². The van der Waals surface area contributed by atoms with Crippen molar-refractivity contribution in [1.82, 2.24) is 14.8 Å². The fraction of sp³-hybridized carbons (Fsp3) is 0.565. The summed E-state index contributed by atoms with van der Waals surface area (Å²) in [5, 5.41) is 4.00. The van der Waals surface area contributed by atoms with Gasteiger partial charge in [-0.2, -0.15) is 0 Å². The van der Waals surface area contributed by atoms with Crippen molar-refractivity contribution in [1.29, 1.82) is 0 Å². The normalized spacial score (nSPS) is 19.6. The number of likely N-dealkylation sites (tertiary alicyclic amines) is 1. The lowest BCUT2D eigenvalue weighted by molar-refractivity contribution is 0.0948. The van der Waals surface area contributed by atoms with Crippen molar-refractivity contribution in [3.63, 3.8) is 0 Å². The summed E-state index contributed by atoms with van der Waals surface area (Å²) in [6, 6.07) is 3.33. The highest BCUT2D eigenvalue weighted by Gasteiger charge is 2.21. The number of nitrogens with zero attached hydrogens (tertiary/aromatic N) is 2. The lowest BCUT2D eigenvalue weighted by Gasteiger charge is -2.34. The molecule has 164 valence electrons. The third-order valence-electron chi connectivity index (χ3n) is 5.81. The van der Waals surface area contributed by atoms with E-state index in [4.69, 9.17) is 9.47 Å². The van der Waals surface area contributed by atoms with Gasteiger partial charge in [-0.05, 0) is 43.4 Å². The molecule has 2 unspecified atom stereocenters. The van der Waals surface area contributed by atoms with Gasteiger partial charge in [0.05, 0.1) is 25.2 Å². The summed E-state index contributed by atoms with van der Waals surface area (Å²) < 4.78 is 12.1. The van der Waals surface area contributed by atoms with E-state index in [1.54, 1.807) is 25.4 Å². The first-order valence-electron chi connectivity index (χ1n) is 10.6. The summed E-state index contributed by atoms with van der Waals surface area (Å²) in [7, 11) is 4.70. The van der Waals surface area contributed by atoms with Gasteiger partial charge >= 0.3 is 0 Å². The van der Waals surface area contributed by atoms with Crippen LogP contribution in [0.1, 0.15) is 37.0 Å². The largest absolute Gasteiger partial charge is 0.493 e. The zero-order valence-electron chi connectivity index (χ0n) is 18.7. The minimum atomic E-state index is -0.191. The molecule has 0 bridgehead atoms. The van der Waals surface area contributed by atoms with Gasteiger partial charge < -0.3 is 24.3 Å². The van der Waals surface area contributed by atoms with E-state index >= 15 is 0 Å². The predicted molar refractivity (Wildman–Crippen MR) is 119 cm³/mol. The highest BCUT2D eigenvalue weighted by molar-refractivity contribution is 6.07. The number of hydrogen-bond donors (Lipinski definition) is 1. The Morgan fingerprint density at radius 1 is 1.10 bits per heavy atom. The minimum Gasteiger partial charge on any atom is -0.493 e. The molecule has 0 aliphatic carbocycles. The van der Waals surface area contributed by atoms with E-state index < -0.39 is 0 Å². The molecule has 7 heteroatoms. The van der Waals surface area contributed by atoms with Crippen LogP contribution in [0.3, 0.4) is 0 Å². The third-order valence-corrected chi connectivity index (χ3v) is 5.81. The molecule has 0 saturated carbocycles. The number of piperidine rings is 1. The van der Waals surface area contributed by atoms with E-state index in [2.05, 4.69) is 24.1 Å². The molecule has 0 radical (unpaired) electrons. The van der Waals surface area contributed by atoms with Gasteiger partial charge in [-0.1, -0.05) is 13.8 Å². The van der Waals surface area contributed by atoms with Crippen molar-refractivity contribution in [3.05, 3.63) is 34.2 Å². The quantitative estimate of drug-likeness (QED) is 0.704. The molecule has 1 N–H and O–H groups in total. The molecule has 1 amide bonds. The van der Waals surface area contributed by atoms with Crippen molar-refractivity contribution in [2.24, 2.45) is 18.9 Å². The van der Waals surface area contributed by atoms with Crippen LogP contribution >= 0.6 is 0 Å². The maximum atomic E-state index is 12.9. The van der Waals surface area contributed by atoms with Crippen LogP contribution in [0.2, 0.25) is 0 Å². The van der Waals surface area contributed by atoms with Gasteiger partial charge in [-0.25, -0.2) is 0 Å². The number of pyridine rings is 1. The second kappa shape index (κ2) is 9.51. The Labute approximate surface area is 178 Å². The number of carbonyl (C=O) groups excluding carboxylic acids is 1. The monoisotopic (exact) mass is 415 g/mol. The van der Waals surface area contributed by atoms with Crippen molar-refractivity contribution in [2.45, 2.75) is 26.7 Å². The molecule has 1 aliphatic heterocycles. The molecular weight excluding hydrogens is 382 g/mol. The van der Waals surface area contributed by atoms with Gasteiger partial charge in [0.15, 0.2) is 11.5 Å². The van der Waals surface area contributed by atoms with Crippen molar-refractivity contribution >= 4 is 16.7 Å². The number of benzene rings is 1. The molecule has 1 saturated heterocycles. The summed E-state index contributed by atoms with van der Waals surface area (Å²) in [5.74, 6) is 2.22. The van der Waals surface area contributed by atoms with E-state index in [1.807, 2.05) is 0 Å². The Hall–Kier alpha value is -2.54. The van der Waals surface area contributed by atoms with Gasteiger partial charge in [-0.3, -0.25) is 9.59 Å². The molecule has 1 aromatic heterocycles. The Morgan fingerprint density at radius 2 is 1.70 bits per heavy atom. The number of carbonyl (C=O) groups is 1. The molecule has 3 rings (SSSR count). The van der Waals surface area contributed by atoms with E-state index in [9.17, 15) is 9.59 Å². The first-order chi connectivity index (χ1) is 14.3. The number of ether oxygens (including phenoxy) is 2. The number of fused-ring (bicyclic) bond motifs is 1. The molecule has 1 fully saturated rings. The number of methoxy groups -OCH3 is 2. The minimum absolute atomic E-state index is 0.184. The first-order valence-corrected chi connectivity index (χ1v) is 10.6. The summed E-state index contributed by atoms with van der Waals surface area (Å²) in [5.41, 5.74) is 0.268. The Balaban J connectivity index is 1.73. The Kier molecular flexibility index (Phi) is 7.02. The van der Waals surface area contributed by atoms with Gasteiger partial charge in [0.25, 0.3) is 11.5 Å². The molecule has 2 atom stereocenters. The lowest BCUT2D eigenvalue weighted by atomic mass is 9.92. The molecule has 30 heavy (non-hydrogen) atoms. The van der Waals surface area contributed by atoms with Crippen molar-refractivity contribution < 1.29 is 14.3 Å². The molecule has 1 aromatic carbocycles. The zero-order valence-corrected chi connectivity index (χ0v) is 18.7. The fourth-order valence-corrected chi connectivity index (χ4v) is 4.55. The van der Waals surface area contributed by atoms with Crippen LogP contribution in [0.4, 0.5) is 0 Å². The average molecular weight is 416 g/mol. The van der Waals surface area contributed by atoms with E-state index in [1.165, 1.54) is 25.2 Å². The Morgan fingerprint density at radius 3 is 2.30 bits per heavy atom. The lowest BCUT2D eigenvalue weighted by Crippen LogP contribution is -2.40. The smallest absolute Gasteiger partial charge is 0.258 e. The van der Waals surface area contributed by atoms with Gasteiger partial charge in [0.1, 0.15) is 0 Å². The topological polar surface area (TPSA) is 72.8 Å². The van der Waals surface area contributed by atoms with Crippen LogP contribution in [0.5, 0.6) is 11.5 Å². The SMILES string of the molecule is COc1cc2c(C(=O)NCCCN3CC(C)CC(C)C3)cn(C)c(=O)c2cc1OC. The van der Waals surface area contributed by atoms with Gasteiger partial charge in [-0.15, -0.1) is 0 Å². The molecule has 2 heterocycles. The fourth-order valence-electron chi connectivity index (χ4n) is 4.55. The average Bonchev–Trinajstić information content (AvgIpc) is 2.72. The van der Waals surface area contributed by atoms with Crippen LogP contribution in [-0.2, 0) is 7.05 Å². The zero-order chi connectivity index (χ0) is 21.8. The van der Waals surface area contributed by atoms with E-state index in [-0.39, 0.29) is 11.5 Å². The summed E-state index contributed by atoms with van der Waals surface area (Å²) in [6.07, 6.45) is 3.77. The number of nitrogens with one attached hydrogen (secondary N) is 1. The van der Waals surface area contributed by atoms with Crippen LogP contribution in [0.25, 0.3) is 10.8 Å². The van der Waals surface area contributed by atoms with E-state index in [0.717, 1.165) is 37.9 Å². The Bertz CT molecular complexity index is 959. The maximum absolute atomic E-state index is 12.9. The third kappa shape index (κ3) is 4.78. The number of rotatable bonds is 7. The van der Waals surface area contributed by atoms with Crippen molar-refractivity contribution in [3.8, 4) is 11.5 Å². The van der Waals surface area contributed by atoms with E-state index in [0.29, 0.717) is 34.4 Å². The van der Waals surface area contributed by atoms with Crippen LogP contribution in [0, 0.1) is 11.8 Å². The standard InChI is InChI=1S/C23H33N3O4/c1-15-9-16(2)13-26(12-15)8-6-7-24-22(27)19-14-25(3)23(28)18-11-21(30-5)20(29-4)10-17(18)19/h10-11,14-16H,6-9,12-13H2,1-5H3,(H,24,27). The second-order valence-electron chi connectivity index (χ2n) is 8.53. The second-order valence-corrected chi connectivity index (χ2v) is 8.53. The highest BCUT2D eigenvalue weighted by Crippen LogP contribution is 2.32. The number of aryl methyl sites for hydroxylation is 1.